The lowest BCUT2D eigenvalue weighted by atomic mass is 9.32. The highest BCUT2D eigenvalue weighted by Crippen LogP contribution is 2.77. The minimum absolute atomic E-state index is 0.0867. The number of aliphatic hydroxyl groups is 2. The van der Waals surface area contributed by atoms with Crippen LogP contribution in [-0.2, 0) is 4.79 Å². The monoisotopic (exact) mass is 711 g/mol. The van der Waals surface area contributed by atoms with Crippen LogP contribution in [0.1, 0.15) is 130 Å². The van der Waals surface area contributed by atoms with Crippen molar-refractivity contribution in [1.82, 2.24) is 10.2 Å². The summed E-state index contributed by atoms with van der Waals surface area (Å²) < 4.78 is 0. The van der Waals surface area contributed by atoms with Gasteiger partial charge in [0, 0.05) is 31.1 Å². The summed E-state index contributed by atoms with van der Waals surface area (Å²) in [5, 5.41) is 23.4. The molecule has 7 rings (SSSR count). The van der Waals surface area contributed by atoms with E-state index in [1.807, 2.05) is 24.0 Å². The number of carbonyl (C=O) groups excluding carboxylic acids is 1. The maximum atomic E-state index is 13.2. The Labute approximate surface area is 316 Å². The van der Waals surface area contributed by atoms with Gasteiger partial charge in [-0.25, -0.2) is 0 Å². The highest BCUT2D eigenvalue weighted by atomic mass is 16.3. The van der Waals surface area contributed by atoms with Gasteiger partial charge in [-0.2, -0.15) is 0 Å². The van der Waals surface area contributed by atoms with Crippen LogP contribution in [0.15, 0.2) is 61.9 Å². The third-order valence-corrected chi connectivity index (χ3v) is 16.7. The minimum Gasteiger partial charge on any atom is -0.513 e. The van der Waals surface area contributed by atoms with E-state index in [0.717, 1.165) is 62.2 Å². The van der Waals surface area contributed by atoms with Crippen LogP contribution in [0.3, 0.4) is 0 Å². The van der Waals surface area contributed by atoms with Gasteiger partial charge in [0.1, 0.15) is 5.76 Å². The van der Waals surface area contributed by atoms with Gasteiger partial charge >= 0.3 is 0 Å². The van der Waals surface area contributed by atoms with E-state index < -0.39 is 0 Å². The highest BCUT2D eigenvalue weighted by Gasteiger charge is 2.69. The predicted molar refractivity (Wildman–Crippen MR) is 217 cm³/mol. The molecule has 8 atom stereocenters. The first-order valence-corrected chi connectivity index (χ1v) is 20.7. The SMILES string of the molecule is C=C(O)c1ccc(C2=CCC3(C)C(CCC4(C)C3CCC3C5CCCC5(CNCC(=O)N5CCC(C(=C)O)CC5)CC[C@]34C)C2(C)C)cc1.C=CC. The van der Waals surface area contributed by atoms with Crippen molar-refractivity contribution in [2.75, 3.05) is 26.2 Å². The number of allylic oxidation sites excluding steroid dienone is 4. The molecular formula is C47H70N2O3. The topological polar surface area (TPSA) is 72.8 Å². The number of aliphatic hydroxyl groups excluding tert-OH is 2. The van der Waals surface area contributed by atoms with E-state index in [-0.39, 0.29) is 28.8 Å². The van der Waals surface area contributed by atoms with Crippen LogP contribution in [0.4, 0.5) is 0 Å². The van der Waals surface area contributed by atoms with Crippen LogP contribution in [0.25, 0.3) is 11.3 Å². The summed E-state index contributed by atoms with van der Waals surface area (Å²) >= 11 is 0. The van der Waals surface area contributed by atoms with Crippen molar-refractivity contribution in [2.24, 2.45) is 56.7 Å². The van der Waals surface area contributed by atoms with Gasteiger partial charge in [0.15, 0.2) is 0 Å². The second kappa shape index (κ2) is 14.5. The van der Waals surface area contributed by atoms with Crippen molar-refractivity contribution < 1.29 is 15.0 Å². The van der Waals surface area contributed by atoms with E-state index in [1.165, 1.54) is 68.9 Å². The van der Waals surface area contributed by atoms with Crippen molar-refractivity contribution in [3.05, 3.63) is 73.0 Å². The van der Waals surface area contributed by atoms with E-state index in [4.69, 9.17) is 0 Å². The van der Waals surface area contributed by atoms with Crippen LogP contribution < -0.4 is 5.32 Å². The van der Waals surface area contributed by atoms with Crippen molar-refractivity contribution in [3.63, 3.8) is 0 Å². The first-order valence-electron chi connectivity index (χ1n) is 20.7. The van der Waals surface area contributed by atoms with E-state index >= 15 is 0 Å². The number of fused-ring (bicyclic) bond motifs is 7. The van der Waals surface area contributed by atoms with E-state index in [2.05, 4.69) is 77.9 Å². The first-order chi connectivity index (χ1) is 24.6. The molecule has 6 aliphatic rings. The molecule has 5 aliphatic carbocycles. The van der Waals surface area contributed by atoms with Gasteiger partial charge in [-0.1, -0.05) is 90.6 Å². The standard InChI is InChI=1S/C44H64N2O3.C3H6/c1-29(47)31-10-12-33(13-11-31)34-16-21-41(5)37(40(34,3)4)17-22-43(7)38(41)15-14-35-36-9-8-20-44(36,24-23-42(35,43)6)28-45-27-39(49)46-25-18-32(19-26-46)30(2)48;1-3-2/h10-13,16,32,35-38,45,47-48H,1-2,8-9,14-15,17-28H2,3-7H3;3H,1H2,2H3/t35?,36?,37?,38?,41?,42-,43?,44?;/m1./s1. The summed E-state index contributed by atoms with van der Waals surface area (Å²) in [5.74, 6) is 3.67. The smallest absolute Gasteiger partial charge is 0.236 e. The largest absolute Gasteiger partial charge is 0.513 e. The molecule has 0 aromatic heterocycles. The Morgan fingerprint density at radius 1 is 0.865 bits per heavy atom. The molecule has 286 valence electrons. The van der Waals surface area contributed by atoms with Gasteiger partial charge in [0.2, 0.25) is 5.91 Å². The molecule has 7 unspecified atom stereocenters. The summed E-state index contributed by atoms with van der Waals surface area (Å²) in [5.41, 5.74) is 4.98. The number of nitrogens with one attached hydrogen (secondary N) is 1. The van der Waals surface area contributed by atoms with E-state index in [9.17, 15) is 15.0 Å². The summed E-state index contributed by atoms with van der Waals surface area (Å²) in [6.07, 6.45) is 19.1. The number of amides is 1. The van der Waals surface area contributed by atoms with E-state index in [1.54, 1.807) is 6.08 Å². The fourth-order valence-corrected chi connectivity index (χ4v) is 13.9. The van der Waals surface area contributed by atoms with E-state index in [0.29, 0.717) is 34.1 Å². The Morgan fingerprint density at radius 2 is 1.54 bits per heavy atom. The third-order valence-electron chi connectivity index (χ3n) is 16.7. The summed E-state index contributed by atoms with van der Waals surface area (Å²) in [7, 11) is 0. The molecule has 52 heavy (non-hydrogen) atoms. The van der Waals surface area contributed by atoms with Gasteiger partial charge in [0.25, 0.3) is 0 Å². The number of benzene rings is 1. The van der Waals surface area contributed by atoms with Crippen LogP contribution in [-0.4, -0.2) is 47.2 Å². The van der Waals surface area contributed by atoms with Crippen molar-refractivity contribution in [1.29, 1.82) is 0 Å². The molecule has 1 amide bonds. The fourth-order valence-electron chi connectivity index (χ4n) is 13.9. The lowest BCUT2D eigenvalue weighted by Crippen LogP contribution is -2.65. The molecule has 1 saturated heterocycles. The highest BCUT2D eigenvalue weighted by molar-refractivity contribution is 5.78. The minimum atomic E-state index is 0.0867. The number of carbonyl (C=O) groups is 1. The maximum absolute atomic E-state index is 13.2. The Morgan fingerprint density at radius 3 is 2.17 bits per heavy atom. The fraction of sp³-hybridized carbons (Fsp3) is 0.681. The lowest BCUT2D eigenvalue weighted by molar-refractivity contribution is -0.222. The number of rotatable bonds is 7. The average Bonchev–Trinajstić information content (AvgIpc) is 3.53. The zero-order valence-corrected chi connectivity index (χ0v) is 33.5. The number of piperidine rings is 1. The zero-order chi connectivity index (χ0) is 37.7. The number of nitrogens with zero attached hydrogens (tertiary/aromatic N) is 1. The van der Waals surface area contributed by atoms with Crippen molar-refractivity contribution >= 4 is 17.2 Å². The molecule has 0 spiro atoms. The van der Waals surface area contributed by atoms with Crippen molar-refractivity contribution in [3.8, 4) is 0 Å². The van der Waals surface area contributed by atoms with Crippen LogP contribution in [0.5, 0.6) is 0 Å². The Bertz CT molecular complexity index is 1550. The van der Waals surface area contributed by atoms with Gasteiger partial charge in [0.05, 0.1) is 12.3 Å². The first kappa shape index (κ1) is 38.9. The summed E-state index contributed by atoms with van der Waals surface area (Å²) in [6.45, 7) is 28.7. The van der Waals surface area contributed by atoms with Gasteiger partial charge in [-0.15, -0.1) is 6.58 Å². The normalized spacial score (nSPS) is 37.9. The number of hydrogen-bond donors (Lipinski definition) is 3. The zero-order valence-electron chi connectivity index (χ0n) is 33.5. The molecular weight excluding hydrogens is 641 g/mol. The summed E-state index contributed by atoms with van der Waals surface area (Å²) in [4.78, 5) is 15.2. The molecule has 1 aromatic carbocycles. The van der Waals surface area contributed by atoms with Crippen molar-refractivity contribution in [2.45, 2.75) is 119 Å². The molecule has 1 heterocycles. The maximum Gasteiger partial charge on any atom is 0.236 e. The Hall–Kier alpha value is -2.79. The predicted octanol–water partition coefficient (Wildman–Crippen LogP) is 11.2. The van der Waals surface area contributed by atoms with Gasteiger partial charge < -0.3 is 20.4 Å². The molecule has 5 heteroatoms. The quantitative estimate of drug-likeness (QED) is 0.195. The average molecular weight is 711 g/mol. The molecule has 4 saturated carbocycles. The molecule has 0 radical (unpaired) electrons. The Balaban J connectivity index is 0.00000150. The van der Waals surface area contributed by atoms with Gasteiger partial charge in [-0.3, -0.25) is 4.79 Å². The number of likely N-dealkylation sites (tertiary alicyclic amines) is 1. The molecule has 1 aromatic rings. The molecule has 5 nitrogen and oxygen atoms in total. The van der Waals surface area contributed by atoms with Crippen LogP contribution in [0, 0.1) is 56.7 Å². The molecule has 3 N–H and O–H groups in total. The third kappa shape index (κ3) is 6.33. The summed E-state index contributed by atoms with van der Waals surface area (Å²) in [6, 6.07) is 8.40. The second-order valence-electron chi connectivity index (χ2n) is 19.3. The van der Waals surface area contributed by atoms with Crippen LogP contribution >= 0.6 is 0 Å². The lowest BCUT2D eigenvalue weighted by Gasteiger charge is -2.72. The van der Waals surface area contributed by atoms with Gasteiger partial charge in [-0.05, 0) is 139 Å². The molecule has 5 fully saturated rings. The Kier molecular flexibility index (Phi) is 10.8. The second-order valence-corrected chi connectivity index (χ2v) is 19.3. The number of hydrogen-bond acceptors (Lipinski definition) is 4. The molecule has 1 aliphatic heterocycles. The molecule has 0 bridgehead atoms. The van der Waals surface area contributed by atoms with Crippen LogP contribution in [0.2, 0.25) is 0 Å².